The molecule has 0 aliphatic heterocycles. The lowest BCUT2D eigenvalue weighted by Crippen LogP contribution is -2.55. The number of anilines is 1. The van der Waals surface area contributed by atoms with Gasteiger partial charge in [-0.1, -0.05) is 25.0 Å². The monoisotopic (exact) mass is 308 g/mol. The maximum Gasteiger partial charge on any atom is 0.329 e. The molecule has 0 unspecified atom stereocenters. The summed E-state index contributed by atoms with van der Waals surface area (Å²) in [5, 5.41) is 13.7. The zero-order valence-electron chi connectivity index (χ0n) is 12.1. The summed E-state index contributed by atoms with van der Waals surface area (Å²) < 4.78 is 13.6. The van der Waals surface area contributed by atoms with Crippen molar-refractivity contribution in [3.8, 4) is 0 Å². The first-order valence-electron chi connectivity index (χ1n) is 6.98. The molecule has 0 bridgehead atoms. The topological polar surface area (TPSA) is 95.5 Å². The average Bonchev–Trinajstić information content (AvgIpc) is 2.92. The second-order valence-electron chi connectivity index (χ2n) is 5.43. The molecule has 1 fully saturated rings. The van der Waals surface area contributed by atoms with E-state index in [0.29, 0.717) is 18.4 Å². The van der Waals surface area contributed by atoms with E-state index in [4.69, 9.17) is 0 Å². The van der Waals surface area contributed by atoms with Gasteiger partial charge in [0.1, 0.15) is 11.4 Å². The number of para-hydroxylation sites is 1. The number of carbonyl (C=O) groups excluding carboxylic acids is 2. The third-order valence-electron chi connectivity index (χ3n) is 3.89. The molecule has 0 radical (unpaired) electrons. The van der Waals surface area contributed by atoms with Gasteiger partial charge in [-0.15, -0.1) is 0 Å². The zero-order chi connectivity index (χ0) is 16.3. The number of hydrogen-bond acceptors (Lipinski definition) is 3. The highest BCUT2D eigenvalue weighted by Gasteiger charge is 2.43. The fourth-order valence-corrected chi connectivity index (χ4v) is 2.61. The van der Waals surface area contributed by atoms with Gasteiger partial charge in [-0.25, -0.2) is 9.18 Å². The van der Waals surface area contributed by atoms with Gasteiger partial charge in [-0.05, 0) is 31.4 Å². The minimum absolute atomic E-state index is 0.0848. The average molecular weight is 308 g/mol. The Bertz CT molecular complexity index is 604. The van der Waals surface area contributed by atoms with Crippen molar-refractivity contribution >= 4 is 23.5 Å². The molecule has 1 saturated carbocycles. The van der Waals surface area contributed by atoms with E-state index in [-0.39, 0.29) is 18.5 Å². The van der Waals surface area contributed by atoms with Crippen LogP contribution in [0.5, 0.6) is 0 Å². The van der Waals surface area contributed by atoms with E-state index in [1.165, 1.54) is 6.07 Å². The minimum Gasteiger partial charge on any atom is -0.480 e. The molecule has 1 aromatic rings. The van der Waals surface area contributed by atoms with E-state index in [1.807, 2.05) is 0 Å². The number of aryl methyl sites for hydroxylation is 1. The Balaban J connectivity index is 2.10. The number of halogens is 1. The first-order valence-corrected chi connectivity index (χ1v) is 6.98. The van der Waals surface area contributed by atoms with Crippen LogP contribution >= 0.6 is 0 Å². The number of carbonyl (C=O) groups is 3. The first kappa shape index (κ1) is 15.9. The normalized spacial score (nSPS) is 16.1. The van der Waals surface area contributed by atoms with E-state index in [1.54, 1.807) is 13.0 Å². The van der Waals surface area contributed by atoms with Gasteiger partial charge in [0.25, 0.3) is 0 Å². The van der Waals surface area contributed by atoms with Crippen molar-refractivity contribution in [1.29, 1.82) is 0 Å². The molecule has 0 saturated heterocycles. The van der Waals surface area contributed by atoms with E-state index in [9.17, 15) is 23.9 Å². The van der Waals surface area contributed by atoms with Crippen LogP contribution in [0.3, 0.4) is 0 Å². The largest absolute Gasteiger partial charge is 0.480 e. The lowest BCUT2D eigenvalue weighted by molar-refractivity contribution is -0.148. The summed E-state index contributed by atoms with van der Waals surface area (Å²) in [6, 6.07) is 4.24. The lowest BCUT2D eigenvalue weighted by atomic mass is 9.98. The van der Waals surface area contributed by atoms with Crippen molar-refractivity contribution in [1.82, 2.24) is 5.32 Å². The Morgan fingerprint density at radius 2 is 1.82 bits per heavy atom. The van der Waals surface area contributed by atoms with Crippen LogP contribution in [-0.4, -0.2) is 28.4 Å². The Morgan fingerprint density at radius 1 is 1.18 bits per heavy atom. The lowest BCUT2D eigenvalue weighted by Gasteiger charge is -2.24. The number of hydrogen-bond donors (Lipinski definition) is 3. The van der Waals surface area contributed by atoms with Crippen molar-refractivity contribution in [2.24, 2.45) is 0 Å². The van der Waals surface area contributed by atoms with E-state index < -0.39 is 29.1 Å². The zero-order valence-corrected chi connectivity index (χ0v) is 12.1. The summed E-state index contributed by atoms with van der Waals surface area (Å²) in [5.74, 6) is -3.98. The van der Waals surface area contributed by atoms with Crippen LogP contribution in [-0.2, 0) is 14.4 Å². The van der Waals surface area contributed by atoms with Crippen LogP contribution in [0.1, 0.15) is 31.2 Å². The highest BCUT2D eigenvalue weighted by atomic mass is 19.1. The molecule has 1 aliphatic carbocycles. The third-order valence-corrected chi connectivity index (χ3v) is 3.89. The highest BCUT2D eigenvalue weighted by Crippen LogP contribution is 2.30. The van der Waals surface area contributed by atoms with Crippen molar-refractivity contribution < 1.29 is 23.9 Å². The molecule has 22 heavy (non-hydrogen) atoms. The second-order valence-corrected chi connectivity index (χ2v) is 5.43. The summed E-state index contributed by atoms with van der Waals surface area (Å²) in [6.45, 7) is 1.59. The molecule has 3 N–H and O–H groups in total. The maximum atomic E-state index is 13.6. The minimum atomic E-state index is -1.40. The molecule has 0 heterocycles. The molecule has 2 rings (SSSR count). The van der Waals surface area contributed by atoms with Gasteiger partial charge in [0.2, 0.25) is 0 Å². The van der Waals surface area contributed by atoms with Crippen LogP contribution in [0.15, 0.2) is 18.2 Å². The molecule has 1 aromatic carbocycles. The van der Waals surface area contributed by atoms with Crippen molar-refractivity contribution in [2.45, 2.75) is 38.1 Å². The molecule has 2 amide bonds. The standard InChI is InChI=1S/C15H17FN2O4/c1-9-5-4-6-10(16)11(9)17-12(19)13(20)18-15(14(21)22)7-2-3-8-15/h4-6H,2-3,7-8H2,1H3,(H,17,19)(H,18,20)(H,21,22). The summed E-state index contributed by atoms with van der Waals surface area (Å²) in [4.78, 5) is 35.2. The summed E-state index contributed by atoms with van der Waals surface area (Å²) in [7, 11) is 0. The predicted molar refractivity (Wildman–Crippen MR) is 76.7 cm³/mol. The van der Waals surface area contributed by atoms with Gasteiger partial charge in [-0.3, -0.25) is 9.59 Å². The van der Waals surface area contributed by atoms with Crippen LogP contribution in [0.2, 0.25) is 0 Å². The van der Waals surface area contributed by atoms with Gasteiger partial charge < -0.3 is 15.7 Å². The fourth-order valence-electron chi connectivity index (χ4n) is 2.61. The van der Waals surface area contributed by atoms with E-state index >= 15 is 0 Å². The Hall–Kier alpha value is -2.44. The van der Waals surface area contributed by atoms with E-state index in [2.05, 4.69) is 10.6 Å². The van der Waals surface area contributed by atoms with Gasteiger partial charge in [-0.2, -0.15) is 0 Å². The molecule has 0 spiro atoms. The number of nitrogens with one attached hydrogen (secondary N) is 2. The third kappa shape index (κ3) is 3.08. The smallest absolute Gasteiger partial charge is 0.329 e. The Labute approximate surface area is 126 Å². The molecular weight excluding hydrogens is 291 g/mol. The van der Waals surface area contributed by atoms with Gasteiger partial charge in [0.05, 0.1) is 5.69 Å². The van der Waals surface area contributed by atoms with Gasteiger partial charge >= 0.3 is 17.8 Å². The highest BCUT2D eigenvalue weighted by molar-refractivity contribution is 6.40. The molecular formula is C15H17FN2O4. The van der Waals surface area contributed by atoms with Crippen molar-refractivity contribution in [2.75, 3.05) is 5.32 Å². The molecule has 0 atom stereocenters. The molecule has 118 valence electrons. The summed E-state index contributed by atoms with van der Waals surface area (Å²) in [5.41, 5.74) is -1.02. The van der Waals surface area contributed by atoms with Gasteiger partial charge in [0.15, 0.2) is 0 Å². The summed E-state index contributed by atoms with van der Waals surface area (Å²) >= 11 is 0. The number of amides is 2. The number of rotatable bonds is 3. The maximum absolute atomic E-state index is 13.6. The fraction of sp³-hybridized carbons (Fsp3) is 0.400. The molecule has 0 aromatic heterocycles. The molecule has 6 nitrogen and oxygen atoms in total. The van der Waals surface area contributed by atoms with Crippen molar-refractivity contribution in [3.05, 3.63) is 29.6 Å². The Morgan fingerprint density at radius 3 is 2.36 bits per heavy atom. The predicted octanol–water partition coefficient (Wildman–Crippen LogP) is 1.59. The second kappa shape index (κ2) is 6.13. The number of carboxylic acids is 1. The van der Waals surface area contributed by atoms with E-state index in [0.717, 1.165) is 6.07 Å². The number of benzene rings is 1. The van der Waals surface area contributed by atoms with Crippen LogP contribution in [0.4, 0.5) is 10.1 Å². The SMILES string of the molecule is Cc1cccc(F)c1NC(=O)C(=O)NC1(C(=O)O)CCCC1. The first-order chi connectivity index (χ1) is 10.4. The summed E-state index contributed by atoms with van der Waals surface area (Å²) in [6.07, 6.45) is 1.89. The van der Waals surface area contributed by atoms with Crippen LogP contribution in [0.25, 0.3) is 0 Å². The molecule has 7 heteroatoms. The number of aliphatic carboxylic acids is 1. The van der Waals surface area contributed by atoms with Crippen LogP contribution in [0, 0.1) is 12.7 Å². The van der Waals surface area contributed by atoms with Crippen LogP contribution < -0.4 is 10.6 Å². The molecule has 1 aliphatic rings. The Kier molecular flexibility index (Phi) is 4.44. The quantitative estimate of drug-likeness (QED) is 0.739. The van der Waals surface area contributed by atoms with Crippen molar-refractivity contribution in [3.63, 3.8) is 0 Å². The van der Waals surface area contributed by atoms with Gasteiger partial charge in [0, 0.05) is 0 Å². The number of carboxylic acid groups (broad SMARTS) is 1.